The van der Waals surface area contributed by atoms with E-state index in [1.165, 1.54) is 17.7 Å². The van der Waals surface area contributed by atoms with Crippen molar-refractivity contribution in [2.45, 2.75) is 26.7 Å². The molecule has 1 heterocycles. The molecular formula is C25H27F2NOS. The number of halogens is 2. The van der Waals surface area contributed by atoms with Crippen molar-refractivity contribution in [2.75, 3.05) is 7.11 Å². The molecule has 2 aromatic carbocycles. The Kier molecular flexibility index (Phi) is 8.96. The number of aryl methyl sites for hydroxylation is 1. The second kappa shape index (κ2) is 11.4. The fraction of sp³-hybridized carbons (Fsp3) is 0.200. The van der Waals surface area contributed by atoms with E-state index < -0.39 is 11.6 Å². The van der Waals surface area contributed by atoms with Crippen molar-refractivity contribution >= 4 is 11.3 Å². The zero-order chi connectivity index (χ0) is 22.1. The van der Waals surface area contributed by atoms with Crippen molar-refractivity contribution in [3.05, 3.63) is 94.5 Å². The van der Waals surface area contributed by atoms with Gasteiger partial charge in [0.15, 0.2) is 0 Å². The molecule has 0 unspecified atom stereocenters. The lowest BCUT2D eigenvalue weighted by Crippen LogP contribution is -1.96. The Morgan fingerprint density at radius 2 is 1.87 bits per heavy atom. The maximum atomic E-state index is 14.5. The molecule has 0 fully saturated rings. The normalized spacial score (nSPS) is 11.5. The van der Waals surface area contributed by atoms with Gasteiger partial charge < -0.3 is 10.8 Å². The van der Waals surface area contributed by atoms with Crippen molar-refractivity contribution < 1.29 is 13.9 Å². The van der Waals surface area contributed by atoms with Gasteiger partial charge in [-0.2, -0.15) is 0 Å². The van der Waals surface area contributed by atoms with Crippen LogP contribution < -0.4 is 5.73 Å². The monoisotopic (exact) mass is 427 g/mol. The number of aliphatic hydroxyl groups excluding tert-OH is 1. The van der Waals surface area contributed by atoms with Gasteiger partial charge >= 0.3 is 0 Å². The quantitative estimate of drug-likeness (QED) is 0.442. The highest BCUT2D eigenvalue weighted by Crippen LogP contribution is 2.40. The molecular weight excluding hydrogens is 400 g/mol. The number of hydrogen-bond acceptors (Lipinski definition) is 3. The predicted molar refractivity (Wildman–Crippen MR) is 123 cm³/mol. The Morgan fingerprint density at radius 1 is 1.10 bits per heavy atom. The first-order valence-corrected chi connectivity index (χ1v) is 10.6. The molecule has 3 N–H and O–H groups in total. The Hall–Kier alpha value is -2.76. The van der Waals surface area contributed by atoms with Gasteiger partial charge in [0.2, 0.25) is 0 Å². The van der Waals surface area contributed by atoms with Gasteiger partial charge in [0.1, 0.15) is 11.6 Å². The van der Waals surface area contributed by atoms with Crippen molar-refractivity contribution in [1.82, 2.24) is 0 Å². The predicted octanol–water partition coefficient (Wildman–Crippen LogP) is 6.49. The molecule has 5 heteroatoms. The summed E-state index contributed by atoms with van der Waals surface area (Å²) in [5.74, 6) is -1.14. The van der Waals surface area contributed by atoms with Crippen LogP contribution in [0.25, 0.3) is 21.6 Å². The van der Waals surface area contributed by atoms with Crippen LogP contribution in [-0.2, 0) is 12.8 Å². The molecule has 3 aromatic rings. The van der Waals surface area contributed by atoms with Crippen molar-refractivity contribution in [3.8, 4) is 21.6 Å². The average Bonchev–Trinajstić information content (AvgIpc) is 3.18. The third-order valence-electron chi connectivity index (χ3n) is 4.69. The Bertz CT molecular complexity index is 1040. The summed E-state index contributed by atoms with van der Waals surface area (Å²) in [5, 5.41) is 8.95. The molecule has 0 aliphatic carbocycles. The van der Waals surface area contributed by atoms with Gasteiger partial charge in [0.25, 0.3) is 0 Å². The van der Waals surface area contributed by atoms with Crippen LogP contribution in [0.5, 0.6) is 0 Å². The molecule has 0 saturated carbocycles. The van der Waals surface area contributed by atoms with Crippen molar-refractivity contribution in [1.29, 1.82) is 0 Å². The molecule has 0 bridgehead atoms. The molecule has 30 heavy (non-hydrogen) atoms. The molecule has 0 amide bonds. The van der Waals surface area contributed by atoms with E-state index in [9.17, 15) is 8.78 Å². The van der Waals surface area contributed by atoms with E-state index in [1.54, 1.807) is 17.5 Å². The van der Waals surface area contributed by atoms with Crippen molar-refractivity contribution in [2.24, 2.45) is 5.73 Å². The van der Waals surface area contributed by atoms with Gasteiger partial charge in [-0.05, 0) is 64.9 Å². The molecule has 0 radical (unpaired) electrons. The third-order valence-corrected chi connectivity index (χ3v) is 5.76. The summed E-state index contributed by atoms with van der Waals surface area (Å²) >= 11 is 1.57. The van der Waals surface area contributed by atoms with E-state index in [-0.39, 0.29) is 0 Å². The number of aliphatic hydroxyl groups is 1. The number of rotatable bonds is 6. The summed E-state index contributed by atoms with van der Waals surface area (Å²) < 4.78 is 27.9. The largest absolute Gasteiger partial charge is 0.404 e. The fourth-order valence-electron chi connectivity index (χ4n) is 3.26. The van der Waals surface area contributed by atoms with Gasteiger partial charge in [0.05, 0.1) is 0 Å². The summed E-state index contributed by atoms with van der Waals surface area (Å²) in [4.78, 5) is 1.08. The zero-order valence-electron chi connectivity index (χ0n) is 17.5. The second-order valence-corrected chi connectivity index (χ2v) is 7.43. The van der Waals surface area contributed by atoms with E-state index in [0.717, 1.165) is 46.7 Å². The van der Waals surface area contributed by atoms with Crippen LogP contribution in [0.4, 0.5) is 8.78 Å². The molecule has 0 aliphatic rings. The number of hydrogen-bond donors (Lipinski definition) is 2. The molecule has 1 aromatic heterocycles. The fourth-order valence-corrected chi connectivity index (χ4v) is 4.35. The third kappa shape index (κ3) is 5.43. The standard InChI is InChI=1S/C24H23F2NS.CH4O/c1-3-6-17(14-27)12-21-22(20-10-9-19(25)13-23(20)26)15-28-24(21)18-8-5-7-16(4-2)11-18;1-2/h3,5-11,13-15H,4,12,27H2,1-2H3;2H,1H3/b6-3-,17-14+;. The van der Waals surface area contributed by atoms with E-state index in [0.29, 0.717) is 12.0 Å². The van der Waals surface area contributed by atoms with E-state index in [2.05, 4.69) is 25.1 Å². The molecule has 158 valence electrons. The lowest BCUT2D eigenvalue weighted by molar-refractivity contribution is 0.399. The lowest BCUT2D eigenvalue weighted by atomic mass is 9.94. The number of benzene rings is 2. The van der Waals surface area contributed by atoms with Crippen LogP contribution in [0.15, 0.2) is 71.8 Å². The Morgan fingerprint density at radius 3 is 2.50 bits per heavy atom. The molecule has 0 atom stereocenters. The van der Waals surface area contributed by atoms with Crippen LogP contribution in [-0.4, -0.2) is 12.2 Å². The van der Waals surface area contributed by atoms with E-state index in [1.807, 2.05) is 30.5 Å². The van der Waals surface area contributed by atoms with Crippen LogP contribution in [0.1, 0.15) is 25.0 Å². The van der Waals surface area contributed by atoms with E-state index in [4.69, 9.17) is 10.8 Å². The van der Waals surface area contributed by atoms with Gasteiger partial charge in [-0.25, -0.2) is 8.78 Å². The minimum Gasteiger partial charge on any atom is -0.404 e. The molecule has 0 saturated heterocycles. The maximum Gasteiger partial charge on any atom is 0.133 e. The van der Waals surface area contributed by atoms with Gasteiger partial charge in [-0.1, -0.05) is 43.3 Å². The van der Waals surface area contributed by atoms with Crippen LogP contribution in [0.2, 0.25) is 0 Å². The van der Waals surface area contributed by atoms with E-state index >= 15 is 0 Å². The highest BCUT2D eigenvalue weighted by atomic mass is 32.1. The molecule has 3 rings (SSSR count). The highest BCUT2D eigenvalue weighted by Gasteiger charge is 2.18. The minimum absolute atomic E-state index is 0.405. The Balaban J connectivity index is 0.00000155. The van der Waals surface area contributed by atoms with Crippen LogP contribution in [0.3, 0.4) is 0 Å². The summed E-state index contributed by atoms with van der Waals surface area (Å²) in [6, 6.07) is 12.1. The van der Waals surface area contributed by atoms with Crippen LogP contribution >= 0.6 is 11.3 Å². The summed E-state index contributed by atoms with van der Waals surface area (Å²) in [7, 11) is 1.00. The van der Waals surface area contributed by atoms with Gasteiger partial charge in [-0.3, -0.25) is 0 Å². The number of allylic oxidation sites excluding steroid dienone is 3. The summed E-state index contributed by atoms with van der Waals surface area (Å²) in [5.41, 5.74) is 11.3. The summed E-state index contributed by atoms with van der Waals surface area (Å²) in [6.07, 6.45) is 6.98. The van der Waals surface area contributed by atoms with Gasteiger partial charge in [0, 0.05) is 30.0 Å². The average molecular weight is 428 g/mol. The minimum atomic E-state index is -0.578. The smallest absolute Gasteiger partial charge is 0.133 e. The molecule has 0 spiro atoms. The molecule has 2 nitrogen and oxygen atoms in total. The topological polar surface area (TPSA) is 46.2 Å². The first-order chi connectivity index (χ1) is 14.6. The molecule has 0 aliphatic heterocycles. The number of nitrogens with two attached hydrogens (primary N) is 1. The second-order valence-electron chi connectivity index (χ2n) is 6.55. The SMILES string of the molecule is C/C=C\C(=C/N)Cc1c(-c2ccc(F)cc2F)csc1-c1cccc(CC)c1.CO. The maximum absolute atomic E-state index is 14.5. The van der Waals surface area contributed by atoms with Crippen LogP contribution in [0, 0.1) is 11.6 Å². The first-order valence-electron chi connectivity index (χ1n) is 9.70. The number of thiophene rings is 1. The Labute approximate surface area is 181 Å². The van der Waals surface area contributed by atoms with Crippen molar-refractivity contribution in [3.63, 3.8) is 0 Å². The summed E-state index contributed by atoms with van der Waals surface area (Å²) in [6.45, 7) is 4.05. The highest BCUT2D eigenvalue weighted by molar-refractivity contribution is 7.14. The van der Waals surface area contributed by atoms with Gasteiger partial charge in [-0.15, -0.1) is 11.3 Å². The zero-order valence-corrected chi connectivity index (χ0v) is 18.3. The first kappa shape index (κ1) is 23.5. The lowest BCUT2D eigenvalue weighted by Gasteiger charge is -2.11.